The SMILES string of the molecule is O=C1NCCN1CCOc1cccc(-c2nsc3c(=O)n(CC4(O)CCN(C(=O)C5CC5)CC4)cnc23)c1. The Bertz CT molecular complexity index is 1420. The molecular formula is C26H30N6O5S. The highest BCUT2D eigenvalue weighted by atomic mass is 32.1. The number of urea groups is 1. The van der Waals surface area contributed by atoms with Crippen LogP contribution in [0.1, 0.15) is 25.7 Å². The summed E-state index contributed by atoms with van der Waals surface area (Å²) in [4.78, 5) is 45.4. The van der Waals surface area contributed by atoms with E-state index in [1.165, 1.54) is 10.9 Å². The first-order valence-corrected chi connectivity index (χ1v) is 13.8. The van der Waals surface area contributed by atoms with Crippen LogP contribution < -0.4 is 15.6 Å². The average Bonchev–Trinajstić information content (AvgIpc) is 3.55. The molecule has 6 rings (SSSR count). The molecular weight excluding hydrogens is 508 g/mol. The first-order chi connectivity index (χ1) is 18.4. The van der Waals surface area contributed by atoms with Crippen molar-refractivity contribution in [3.05, 3.63) is 40.9 Å². The number of nitrogens with zero attached hydrogens (tertiary/aromatic N) is 5. The lowest BCUT2D eigenvalue weighted by atomic mass is 9.91. The van der Waals surface area contributed by atoms with Crippen molar-refractivity contribution in [1.29, 1.82) is 0 Å². The van der Waals surface area contributed by atoms with Crippen LogP contribution in [0, 0.1) is 5.92 Å². The van der Waals surface area contributed by atoms with Gasteiger partial charge >= 0.3 is 6.03 Å². The second kappa shape index (κ2) is 9.99. The largest absolute Gasteiger partial charge is 0.492 e. The van der Waals surface area contributed by atoms with E-state index in [0.29, 0.717) is 73.8 Å². The molecule has 0 unspecified atom stereocenters. The van der Waals surface area contributed by atoms with E-state index in [1.807, 2.05) is 29.2 Å². The maximum absolute atomic E-state index is 13.3. The van der Waals surface area contributed by atoms with E-state index < -0.39 is 5.60 Å². The number of aliphatic hydroxyl groups is 1. The summed E-state index contributed by atoms with van der Waals surface area (Å²) in [5.41, 5.74) is 0.598. The van der Waals surface area contributed by atoms with Crippen LogP contribution >= 0.6 is 11.5 Å². The summed E-state index contributed by atoms with van der Waals surface area (Å²) in [5, 5.41) is 13.9. The minimum Gasteiger partial charge on any atom is -0.492 e. The molecule has 3 aromatic rings. The van der Waals surface area contributed by atoms with Crippen LogP contribution in [-0.4, -0.2) is 85.7 Å². The number of amides is 3. The monoisotopic (exact) mass is 538 g/mol. The zero-order valence-electron chi connectivity index (χ0n) is 21.0. The lowest BCUT2D eigenvalue weighted by Gasteiger charge is -2.38. The summed E-state index contributed by atoms with van der Waals surface area (Å²) < 4.78 is 12.3. The number of carbonyl (C=O) groups is 2. The van der Waals surface area contributed by atoms with Crippen molar-refractivity contribution in [1.82, 2.24) is 29.0 Å². The maximum atomic E-state index is 13.3. The van der Waals surface area contributed by atoms with E-state index >= 15 is 0 Å². The van der Waals surface area contributed by atoms with Gasteiger partial charge in [-0.25, -0.2) is 9.78 Å². The van der Waals surface area contributed by atoms with Crippen molar-refractivity contribution in [2.24, 2.45) is 5.92 Å². The molecule has 4 heterocycles. The number of rotatable bonds is 8. The fraction of sp³-hybridized carbons (Fsp3) is 0.500. The summed E-state index contributed by atoms with van der Waals surface area (Å²) >= 11 is 1.09. The fourth-order valence-corrected chi connectivity index (χ4v) is 5.90. The van der Waals surface area contributed by atoms with Crippen molar-refractivity contribution in [3.8, 4) is 17.0 Å². The minimum atomic E-state index is -1.06. The van der Waals surface area contributed by atoms with E-state index in [-0.39, 0.29) is 30.0 Å². The van der Waals surface area contributed by atoms with Crippen molar-refractivity contribution in [2.75, 3.05) is 39.3 Å². The Hall–Kier alpha value is -3.51. The molecule has 2 N–H and O–H groups in total. The number of benzene rings is 1. The van der Waals surface area contributed by atoms with E-state index in [1.54, 1.807) is 4.90 Å². The summed E-state index contributed by atoms with van der Waals surface area (Å²) in [6, 6.07) is 7.37. The molecule has 3 fully saturated rings. The Labute approximate surface area is 223 Å². The van der Waals surface area contributed by atoms with Crippen molar-refractivity contribution >= 4 is 33.7 Å². The Morgan fingerprint density at radius 2 is 2.03 bits per heavy atom. The van der Waals surface area contributed by atoms with Gasteiger partial charge in [-0.3, -0.25) is 14.2 Å². The highest BCUT2D eigenvalue weighted by molar-refractivity contribution is 7.13. The molecule has 0 spiro atoms. The van der Waals surface area contributed by atoms with Crippen LogP contribution in [0.25, 0.3) is 21.5 Å². The number of hydrogen-bond donors (Lipinski definition) is 2. The number of aromatic nitrogens is 3. The highest BCUT2D eigenvalue weighted by Crippen LogP contribution is 2.34. The number of fused-ring (bicyclic) bond motifs is 1. The van der Waals surface area contributed by atoms with E-state index in [0.717, 1.165) is 29.9 Å². The molecule has 1 aliphatic carbocycles. The number of hydrogen-bond acceptors (Lipinski definition) is 8. The predicted octanol–water partition coefficient (Wildman–Crippen LogP) is 1.69. The molecule has 38 heavy (non-hydrogen) atoms. The van der Waals surface area contributed by atoms with Gasteiger partial charge in [0.2, 0.25) is 5.91 Å². The average molecular weight is 539 g/mol. The Balaban J connectivity index is 1.14. The predicted molar refractivity (Wildman–Crippen MR) is 141 cm³/mol. The van der Waals surface area contributed by atoms with Crippen LogP contribution in [0.4, 0.5) is 4.79 Å². The number of carbonyl (C=O) groups excluding carboxylic acids is 2. The van der Waals surface area contributed by atoms with Gasteiger partial charge in [-0.2, -0.15) is 4.37 Å². The van der Waals surface area contributed by atoms with Crippen molar-refractivity contribution in [3.63, 3.8) is 0 Å². The van der Waals surface area contributed by atoms with Crippen molar-refractivity contribution < 1.29 is 19.4 Å². The lowest BCUT2D eigenvalue weighted by molar-refractivity contribution is -0.137. The molecule has 0 atom stereocenters. The van der Waals surface area contributed by atoms with Gasteiger partial charge in [0.25, 0.3) is 5.56 Å². The van der Waals surface area contributed by atoms with Crippen LogP contribution in [0.3, 0.4) is 0 Å². The van der Waals surface area contributed by atoms with Gasteiger partial charge in [0, 0.05) is 37.7 Å². The first-order valence-electron chi connectivity index (χ1n) is 13.0. The number of ether oxygens (including phenoxy) is 1. The third kappa shape index (κ3) is 4.97. The smallest absolute Gasteiger partial charge is 0.317 e. The lowest BCUT2D eigenvalue weighted by Crippen LogP contribution is -2.50. The third-order valence-corrected chi connectivity index (χ3v) is 8.35. The second-order valence-corrected chi connectivity index (χ2v) is 11.1. The van der Waals surface area contributed by atoms with Crippen LogP contribution in [0.2, 0.25) is 0 Å². The van der Waals surface area contributed by atoms with Gasteiger partial charge < -0.3 is 25.0 Å². The molecule has 200 valence electrons. The highest BCUT2D eigenvalue weighted by Gasteiger charge is 2.39. The molecule has 3 aliphatic rings. The zero-order chi connectivity index (χ0) is 26.3. The molecule has 12 heteroatoms. The maximum Gasteiger partial charge on any atom is 0.317 e. The molecule has 2 aliphatic heterocycles. The van der Waals surface area contributed by atoms with Gasteiger partial charge in [0.1, 0.15) is 28.3 Å². The number of nitrogens with one attached hydrogen (secondary N) is 1. The van der Waals surface area contributed by atoms with Crippen molar-refractivity contribution in [2.45, 2.75) is 37.8 Å². The Morgan fingerprint density at radius 3 is 2.76 bits per heavy atom. The molecule has 2 aromatic heterocycles. The number of piperidine rings is 1. The second-order valence-electron chi connectivity index (χ2n) is 10.3. The van der Waals surface area contributed by atoms with Gasteiger partial charge in [-0.05, 0) is 49.3 Å². The summed E-state index contributed by atoms with van der Waals surface area (Å²) in [6.07, 6.45) is 4.27. The zero-order valence-corrected chi connectivity index (χ0v) is 21.8. The third-order valence-electron chi connectivity index (χ3n) is 7.53. The van der Waals surface area contributed by atoms with Gasteiger partial charge in [0.15, 0.2) is 0 Å². The number of likely N-dealkylation sites (tertiary alicyclic amines) is 1. The summed E-state index contributed by atoms with van der Waals surface area (Å²) in [5.74, 6) is 1.00. The standard InChI is InChI=1S/C26H30N6O5S/c33-23(17-4-5-17)30-9-6-26(36,7-10-30)15-32-16-28-21-20(29-38-22(21)24(32)34)18-2-1-3-19(14-18)37-13-12-31-11-8-27-25(31)35/h1-3,14,16-17,36H,4-13,15H2,(H,27,35). The van der Waals surface area contributed by atoms with E-state index in [9.17, 15) is 19.5 Å². The van der Waals surface area contributed by atoms with Gasteiger partial charge in [-0.15, -0.1) is 0 Å². The van der Waals surface area contributed by atoms with Gasteiger partial charge in [0.05, 0.1) is 25.0 Å². The van der Waals surface area contributed by atoms with Gasteiger partial charge in [-0.1, -0.05) is 12.1 Å². The summed E-state index contributed by atoms with van der Waals surface area (Å²) in [7, 11) is 0. The minimum absolute atomic E-state index is 0.0747. The molecule has 1 saturated carbocycles. The summed E-state index contributed by atoms with van der Waals surface area (Å²) in [6.45, 7) is 3.33. The van der Waals surface area contributed by atoms with E-state index in [2.05, 4.69) is 14.7 Å². The van der Waals surface area contributed by atoms with Crippen LogP contribution in [0.5, 0.6) is 5.75 Å². The Kier molecular flexibility index (Phi) is 6.52. The fourth-order valence-electron chi connectivity index (χ4n) is 5.10. The molecule has 11 nitrogen and oxygen atoms in total. The molecule has 0 bridgehead atoms. The quantitative estimate of drug-likeness (QED) is 0.446. The van der Waals surface area contributed by atoms with Crippen LogP contribution in [0.15, 0.2) is 35.4 Å². The van der Waals surface area contributed by atoms with E-state index in [4.69, 9.17) is 4.74 Å². The Morgan fingerprint density at radius 1 is 1.21 bits per heavy atom. The van der Waals surface area contributed by atoms with Crippen LogP contribution in [-0.2, 0) is 11.3 Å². The topological polar surface area (TPSA) is 130 Å². The first kappa shape index (κ1) is 24.8. The molecule has 0 radical (unpaired) electrons. The molecule has 1 aromatic carbocycles. The molecule has 3 amide bonds. The normalized spacial score (nSPS) is 19.1. The molecule has 2 saturated heterocycles.